The normalized spacial score (nSPS) is 10.4. The van der Waals surface area contributed by atoms with E-state index in [0.29, 0.717) is 17.1 Å². The van der Waals surface area contributed by atoms with Crippen molar-refractivity contribution in [1.29, 1.82) is 5.26 Å². The van der Waals surface area contributed by atoms with E-state index in [0.717, 1.165) is 26.9 Å². The zero-order valence-electron chi connectivity index (χ0n) is 13.2. The van der Waals surface area contributed by atoms with Gasteiger partial charge in [-0.05, 0) is 35.7 Å². The van der Waals surface area contributed by atoms with Gasteiger partial charge in [-0.3, -0.25) is 10.1 Å². The van der Waals surface area contributed by atoms with E-state index >= 15 is 0 Å². The van der Waals surface area contributed by atoms with Crippen molar-refractivity contribution in [3.8, 4) is 28.7 Å². The third-order valence-electron chi connectivity index (χ3n) is 3.77. The number of ether oxygens (including phenoxy) is 2. The minimum absolute atomic E-state index is 0.503. The highest BCUT2D eigenvalue weighted by atomic mass is 32.2. The second-order valence-electron chi connectivity index (χ2n) is 5.03. The lowest BCUT2D eigenvalue weighted by atomic mass is 9.96. The summed E-state index contributed by atoms with van der Waals surface area (Å²) in [4.78, 5) is 5.33. The summed E-state index contributed by atoms with van der Waals surface area (Å²) < 4.78 is 10.7. The van der Waals surface area contributed by atoms with Gasteiger partial charge in [-0.2, -0.15) is 5.26 Å². The zero-order chi connectivity index (χ0) is 17.1. The highest BCUT2D eigenvalue weighted by Gasteiger charge is 2.15. The molecule has 3 aromatic rings. The zero-order valence-corrected chi connectivity index (χ0v) is 14.1. The number of nitrogens with zero attached hydrogens (tertiary/aromatic N) is 2. The summed E-state index contributed by atoms with van der Waals surface area (Å²) >= 11 is 1.18. The average molecular weight is 337 g/mol. The topological polar surface area (TPSA) is 81.2 Å². The molecule has 0 unspecified atom stereocenters. The van der Waals surface area contributed by atoms with Gasteiger partial charge in [-0.25, -0.2) is 0 Å². The minimum Gasteiger partial charge on any atom is -0.493 e. The van der Waals surface area contributed by atoms with Gasteiger partial charge in [-0.15, -0.1) is 0 Å². The maximum absolute atomic E-state index is 9.50. The molecule has 0 saturated heterocycles. The predicted octanol–water partition coefficient (Wildman–Crippen LogP) is 3.76. The molecular weight excluding hydrogens is 322 g/mol. The van der Waals surface area contributed by atoms with Crippen molar-refractivity contribution in [3.05, 3.63) is 48.2 Å². The van der Waals surface area contributed by atoms with Crippen LogP contribution in [0.1, 0.15) is 5.56 Å². The van der Waals surface area contributed by atoms with Crippen LogP contribution in [0.15, 0.2) is 47.5 Å². The predicted molar refractivity (Wildman–Crippen MR) is 95.0 cm³/mol. The van der Waals surface area contributed by atoms with Crippen LogP contribution in [0.2, 0.25) is 0 Å². The summed E-state index contributed by atoms with van der Waals surface area (Å²) in [6, 6.07) is 13.6. The highest BCUT2D eigenvalue weighted by molar-refractivity contribution is 7.97. The summed E-state index contributed by atoms with van der Waals surface area (Å²) in [6.45, 7) is 0. The molecule has 0 aliphatic rings. The van der Waals surface area contributed by atoms with Gasteiger partial charge in [0.15, 0.2) is 11.5 Å². The first-order valence-electron chi connectivity index (χ1n) is 7.13. The van der Waals surface area contributed by atoms with E-state index in [9.17, 15) is 5.26 Å². The number of fused-ring (bicyclic) bond motifs is 1. The molecule has 6 heteroatoms. The van der Waals surface area contributed by atoms with Crippen molar-refractivity contribution in [2.45, 2.75) is 4.90 Å². The van der Waals surface area contributed by atoms with Crippen LogP contribution < -0.4 is 14.6 Å². The number of nitriles is 1. The maximum Gasteiger partial charge on any atom is 0.162 e. The molecule has 2 aromatic carbocycles. The Balaban J connectivity index is 2.32. The molecular formula is C18H15N3O2S. The number of hydrogen-bond acceptors (Lipinski definition) is 6. The Morgan fingerprint density at radius 3 is 2.33 bits per heavy atom. The number of methoxy groups -OCH3 is 2. The van der Waals surface area contributed by atoms with Crippen molar-refractivity contribution in [2.75, 3.05) is 14.2 Å². The lowest BCUT2D eigenvalue weighted by Gasteiger charge is -2.13. The molecule has 120 valence electrons. The van der Waals surface area contributed by atoms with Crippen molar-refractivity contribution in [2.24, 2.45) is 5.14 Å². The van der Waals surface area contributed by atoms with Gasteiger partial charge in [0.1, 0.15) is 6.07 Å². The molecule has 0 aliphatic heterocycles. The smallest absolute Gasteiger partial charge is 0.162 e. The molecule has 1 heterocycles. The van der Waals surface area contributed by atoms with Crippen molar-refractivity contribution < 1.29 is 9.47 Å². The van der Waals surface area contributed by atoms with E-state index in [1.807, 2.05) is 36.4 Å². The summed E-state index contributed by atoms with van der Waals surface area (Å²) in [5.41, 5.74) is 2.97. The van der Waals surface area contributed by atoms with Gasteiger partial charge in [0.25, 0.3) is 0 Å². The first-order valence-corrected chi connectivity index (χ1v) is 8.01. The van der Waals surface area contributed by atoms with Crippen LogP contribution in [0.3, 0.4) is 0 Å². The van der Waals surface area contributed by atoms with Crippen LogP contribution >= 0.6 is 11.9 Å². The molecule has 24 heavy (non-hydrogen) atoms. The summed E-state index contributed by atoms with van der Waals surface area (Å²) in [5, 5.41) is 15.9. The molecule has 0 amide bonds. The van der Waals surface area contributed by atoms with Crippen molar-refractivity contribution >= 4 is 22.9 Å². The molecule has 0 spiro atoms. The first kappa shape index (κ1) is 16.1. The number of benzene rings is 2. The van der Waals surface area contributed by atoms with Gasteiger partial charge in [0.2, 0.25) is 0 Å². The number of hydrogen-bond donors (Lipinski definition) is 1. The third kappa shape index (κ3) is 2.75. The first-order chi connectivity index (χ1) is 11.7. The van der Waals surface area contributed by atoms with Crippen molar-refractivity contribution in [3.63, 3.8) is 0 Å². The SMILES string of the molecule is COc1cc2ncc(C#N)c(-c3ccc(SN)cc3)c2cc1OC. The number of aromatic nitrogens is 1. The molecule has 1 aromatic heterocycles. The van der Waals surface area contributed by atoms with E-state index < -0.39 is 0 Å². The second-order valence-corrected chi connectivity index (χ2v) is 5.73. The molecule has 3 rings (SSSR count). The van der Waals surface area contributed by atoms with Gasteiger partial charge >= 0.3 is 0 Å². The number of pyridine rings is 1. The fourth-order valence-corrected chi connectivity index (χ4v) is 2.91. The average Bonchev–Trinajstić information content (AvgIpc) is 2.65. The van der Waals surface area contributed by atoms with Crippen LogP contribution in [0.5, 0.6) is 11.5 Å². The van der Waals surface area contributed by atoms with Gasteiger partial charge in [-0.1, -0.05) is 12.1 Å². The Hall–Kier alpha value is -2.75. The standard InChI is InChI=1S/C18H15N3O2S/c1-22-16-7-14-15(8-17(16)23-2)21-10-12(9-19)18(14)11-3-5-13(24-20)6-4-11/h3-8,10H,20H2,1-2H3. The molecule has 0 radical (unpaired) electrons. The summed E-state index contributed by atoms with van der Waals surface area (Å²) in [7, 11) is 3.16. The lowest BCUT2D eigenvalue weighted by molar-refractivity contribution is 0.356. The molecule has 0 saturated carbocycles. The Bertz CT molecular complexity index is 934. The maximum atomic E-state index is 9.50. The van der Waals surface area contributed by atoms with Gasteiger partial charge in [0.05, 0.1) is 25.3 Å². The van der Waals surface area contributed by atoms with Crippen LogP contribution in [0.4, 0.5) is 0 Å². The van der Waals surface area contributed by atoms with Crippen LogP contribution in [0.25, 0.3) is 22.0 Å². The Morgan fingerprint density at radius 1 is 1.08 bits per heavy atom. The lowest BCUT2D eigenvalue weighted by Crippen LogP contribution is -1.95. The van der Waals surface area contributed by atoms with Gasteiger partial charge < -0.3 is 9.47 Å². The van der Waals surface area contributed by atoms with E-state index in [1.165, 1.54) is 11.9 Å². The quantitative estimate of drug-likeness (QED) is 0.730. The fourth-order valence-electron chi connectivity index (χ4n) is 2.61. The van der Waals surface area contributed by atoms with Crippen LogP contribution in [-0.2, 0) is 0 Å². The molecule has 0 atom stereocenters. The van der Waals surface area contributed by atoms with Gasteiger partial charge in [0, 0.05) is 28.1 Å². The highest BCUT2D eigenvalue weighted by Crippen LogP contribution is 2.38. The Labute approximate surface area is 144 Å². The molecule has 0 aliphatic carbocycles. The fraction of sp³-hybridized carbons (Fsp3) is 0.111. The van der Waals surface area contributed by atoms with E-state index in [1.54, 1.807) is 20.4 Å². The third-order valence-corrected chi connectivity index (χ3v) is 4.32. The second kappa shape index (κ2) is 6.79. The van der Waals surface area contributed by atoms with E-state index in [4.69, 9.17) is 14.6 Å². The molecule has 0 bridgehead atoms. The van der Waals surface area contributed by atoms with Crippen molar-refractivity contribution in [1.82, 2.24) is 4.98 Å². The van der Waals surface area contributed by atoms with E-state index in [2.05, 4.69) is 11.1 Å². The monoisotopic (exact) mass is 337 g/mol. The molecule has 0 fully saturated rings. The number of nitrogens with two attached hydrogens (primary N) is 1. The van der Waals surface area contributed by atoms with Crippen LogP contribution in [-0.4, -0.2) is 19.2 Å². The largest absolute Gasteiger partial charge is 0.493 e. The van der Waals surface area contributed by atoms with E-state index in [-0.39, 0.29) is 0 Å². The molecule has 2 N–H and O–H groups in total. The molecule has 5 nitrogen and oxygen atoms in total. The summed E-state index contributed by atoms with van der Waals surface area (Å²) in [6.07, 6.45) is 1.58. The Kier molecular flexibility index (Phi) is 4.56. The minimum atomic E-state index is 0.503. The Morgan fingerprint density at radius 2 is 1.75 bits per heavy atom. The van der Waals surface area contributed by atoms with Crippen LogP contribution in [0, 0.1) is 11.3 Å². The number of rotatable bonds is 4. The summed E-state index contributed by atoms with van der Waals surface area (Å²) in [5.74, 6) is 1.19.